The van der Waals surface area contributed by atoms with E-state index in [2.05, 4.69) is 5.32 Å². The second-order valence-corrected chi connectivity index (χ2v) is 12.3. The molecule has 1 heterocycles. The van der Waals surface area contributed by atoms with E-state index in [1.165, 1.54) is 16.4 Å². The Morgan fingerprint density at radius 2 is 1.83 bits per heavy atom. The second kappa shape index (κ2) is 11.1. The quantitative estimate of drug-likeness (QED) is 0.537. The number of anilines is 2. The Labute approximate surface area is 208 Å². The molecule has 2 aromatic rings. The first-order valence-electron chi connectivity index (χ1n) is 11.8. The number of hydrogen-bond acceptors (Lipinski definition) is 5. The molecule has 1 amide bonds. The third kappa shape index (κ3) is 7.49. The number of rotatable bonds is 9. The molecule has 192 valence electrons. The van der Waals surface area contributed by atoms with Crippen LogP contribution in [0.5, 0.6) is 0 Å². The number of carbonyl (C=O) groups excluding carboxylic acids is 1. The topological polar surface area (TPSA) is 79.0 Å². The van der Waals surface area contributed by atoms with Crippen molar-refractivity contribution in [1.29, 1.82) is 0 Å². The summed E-state index contributed by atoms with van der Waals surface area (Å²) in [7, 11) is -0.156. The average Bonchev–Trinajstić information content (AvgIpc) is 3.25. The highest BCUT2D eigenvalue weighted by atomic mass is 32.2. The van der Waals surface area contributed by atoms with Gasteiger partial charge in [-0.1, -0.05) is 20.8 Å². The van der Waals surface area contributed by atoms with Gasteiger partial charge in [-0.05, 0) is 66.3 Å². The predicted octanol–water partition coefficient (Wildman–Crippen LogP) is 4.64. The molecule has 1 fully saturated rings. The number of ether oxygens (including phenoxy) is 1. The van der Waals surface area contributed by atoms with Crippen LogP contribution in [0.15, 0.2) is 47.4 Å². The maximum absolute atomic E-state index is 13.6. The van der Waals surface area contributed by atoms with Crippen LogP contribution in [0.1, 0.15) is 45.6 Å². The van der Waals surface area contributed by atoms with E-state index < -0.39 is 15.8 Å². The lowest BCUT2D eigenvalue weighted by molar-refractivity contribution is -0.117. The van der Waals surface area contributed by atoms with Crippen molar-refractivity contribution in [3.8, 4) is 0 Å². The van der Waals surface area contributed by atoms with Crippen LogP contribution in [0.3, 0.4) is 0 Å². The van der Waals surface area contributed by atoms with Gasteiger partial charge in [-0.25, -0.2) is 12.8 Å². The fourth-order valence-electron chi connectivity index (χ4n) is 4.12. The third-order valence-electron chi connectivity index (χ3n) is 5.77. The van der Waals surface area contributed by atoms with Crippen molar-refractivity contribution >= 4 is 27.3 Å². The largest absolute Gasteiger partial charge is 0.377 e. The van der Waals surface area contributed by atoms with E-state index in [4.69, 9.17) is 4.74 Å². The summed E-state index contributed by atoms with van der Waals surface area (Å²) in [5, 5.41) is 2.94. The summed E-state index contributed by atoms with van der Waals surface area (Å²) >= 11 is 0. The molecule has 1 aliphatic rings. The van der Waals surface area contributed by atoms with Crippen molar-refractivity contribution in [1.82, 2.24) is 4.31 Å². The summed E-state index contributed by atoms with van der Waals surface area (Å²) in [6.07, 6.45) is 1.82. The molecule has 9 heteroatoms. The summed E-state index contributed by atoms with van der Waals surface area (Å²) < 4.78 is 47.8. The third-order valence-corrected chi connectivity index (χ3v) is 7.59. The molecular formula is C26H36FN3O4S. The monoisotopic (exact) mass is 505 g/mol. The molecule has 0 aromatic heterocycles. The fraction of sp³-hybridized carbons (Fsp3) is 0.500. The van der Waals surface area contributed by atoms with E-state index in [0.29, 0.717) is 18.7 Å². The van der Waals surface area contributed by atoms with Gasteiger partial charge in [0.1, 0.15) is 5.82 Å². The molecule has 0 spiro atoms. The zero-order valence-electron chi connectivity index (χ0n) is 21.2. The van der Waals surface area contributed by atoms with Crippen molar-refractivity contribution in [3.63, 3.8) is 0 Å². The fourth-order valence-corrected chi connectivity index (χ4v) is 5.57. The minimum absolute atomic E-state index is 0.0259. The molecule has 1 saturated heterocycles. The lowest BCUT2D eigenvalue weighted by atomic mass is 9.92. The number of hydrogen-bond donors (Lipinski definition) is 1. The van der Waals surface area contributed by atoms with Gasteiger partial charge >= 0.3 is 0 Å². The molecule has 1 atom stereocenters. The first kappa shape index (κ1) is 27.1. The van der Waals surface area contributed by atoms with Gasteiger partial charge in [-0.15, -0.1) is 0 Å². The molecule has 0 radical (unpaired) electrons. The van der Waals surface area contributed by atoms with Gasteiger partial charge in [0.05, 0.1) is 11.0 Å². The van der Waals surface area contributed by atoms with Crippen LogP contribution < -0.4 is 10.2 Å². The number of sulfonamides is 1. The van der Waals surface area contributed by atoms with Gasteiger partial charge < -0.3 is 15.0 Å². The van der Waals surface area contributed by atoms with Crippen LogP contribution in [0.4, 0.5) is 15.8 Å². The van der Waals surface area contributed by atoms with Crippen molar-refractivity contribution in [2.24, 2.45) is 5.41 Å². The number of nitrogens with one attached hydrogen (secondary N) is 1. The first-order valence-corrected chi connectivity index (χ1v) is 13.3. The first-order chi connectivity index (χ1) is 16.3. The van der Waals surface area contributed by atoms with E-state index in [-0.39, 0.29) is 35.4 Å². The molecule has 3 rings (SSSR count). The lowest BCUT2D eigenvalue weighted by Crippen LogP contribution is -2.37. The van der Waals surface area contributed by atoms with Gasteiger partial charge in [-0.2, -0.15) is 4.31 Å². The molecule has 1 aliphatic heterocycles. The van der Waals surface area contributed by atoms with Gasteiger partial charge in [0, 0.05) is 51.6 Å². The van der Waals surface area contributed by atoms with E-state index >= 15 is 0 Å². The van der Waals surface area contributed by atoms with Crippen molar-refractivity contribution in [2.45, 2.75) is 57.6 Å². The molecule has 1 N–H and O–H groups in total. The molecule has 0 aliphatic carbocycles. The smallest absolute Gasteiger partial charge is 0.243 e. The van der Waals surface area contributed by atoms with Crippen LogP contribution in [0, 0.1) is 11.2 Å². The maximum Gasteiger partial charge on any atom is 0.243 e. The zero-order valence-corrected chi connectivity index (χ0v) is 22.0. The minimum Gasteiger partial charge on any atom is -0.377 e. The van der Waals surface area contributed by atoms with Crippen molar-refractivity contribution < 1.29 is 22.3 Å². The minimum atomic E-state index is -3.93. The number of amides is 1. The zero-order chi connectivity index (χ0) is 25.8. The normalized spacial score (nSPS) is 16.5. The summed E-state index contributed by atoms with van der Waals surface area (Å²) in [6, 6.07) is 10.4. The number of halogens is 1. The van der Waals surface area contributed by atoms with Gasteiger partial charge in [0.15, 0.2) is 0 Å². The highest BCUT2D eigenvalue weighted by Gasteiger charge is 2.30. The molecular weight excluding hydrogens is 469 g/mol. The van der Waals surface area contributed by atoms with E-state index in [9.17, 15) is 17.6 Å². The molecule has 0 bridgehead atoms. The van der Waals surface area contributed by atoms with E-state index in [1.54, 1.807) is 0 Å². The molecule has 2 aromatic carbocycles. The van der Waals surface area contributed by atoms with Gasteiger partial charge in [0.25, 0.3) is 0 Å². The summed E-state index contributed by atoms with van der Waals surface area (Å²) in [4.78, 5) is 14.4. The molecule has 0 saturated carbocycles. The highest BCUT2D eigenvalue weighted by Crippen LogP contribution is 2.29. The van der Waals surface area contributed by atoms with E-state index in [0.717, 1.165) is 36.2 Å². The Morgan fingerprint density at radius 3 is 2.40 bits per heavy atom. The van der Waals surface area contributed by atoms with E-state index in [1.807, 2.05) is 58.0 Å². The van der Waals surface area contributed by atoms with Gasteiger partial charge in [-0.3, -0.25) is 4.79 Å². The van der Waals surface area contributed by atoms with Crippen molar-refractivity contribution in [3.05, 3.63) is 53.8 Å². The second-order valence-electron chi connectivity index (χ2n) is 10.4. The Balaban J connectivity index is 1.95. The Hall–Kier alpha value is -2.49. The number of carbonyl (C=O) groups is 1. The summed E-state index contributed by atoms with van der Waals surface area (Å²) in [6.45, 7) is 6.86. The summed E-state index contributed by atoms with van der Waals surface area (Å²) in [5.41, 5.74) is 2.03. The van der Waals surface area contributed by atoms with Crippen LogP contribution >= 0.6 is 0 Å². The number of nitrogens with zero attached hydrogens (tertiary/aromatic N) is 2. The maximum atomic E-state index is 13.6. The average molecular weight is 506 g/mol. The standard InChI is InChI=1S/C26H36FN3O4S/c1-26(2,3)16-25(31)28-21-10-13-24(29(4)5)19(15-21)17-30(18-22-7-6-14-34-22)35(32,33)23-11-8-20(27)9-12-23/h8-13,15,22H,6-7,14,16-18H2,1-5H3,(H,28,31)/t22-/m1/s1. The summed E-state index contributed by atoms with van der Waals surface area (Å²) in [5.74, 6) is -0.598. The van der Waals surface area contributed by atoms with Crippen LogP contribution in [0.2, 0.25) is 0 Å². The Kier molecular flexibility index (Phi) is 8.56. The molecule has 35 heavy (non-hydrogen) atoms. The highest BCUT2D eigenvalue weighted by molar-refractivity contribution is 7.89. The molecule has 7 nitrogen and oxygen atoms in total. The van der Waals surface area contributed by atoms with Crippen molar-refractivity contribution in [2.75, 3.05) is 37.5 Å². The van der Waals surface area contributed by atoms with Crippen LogP contribution in [-0.4, -0.2) is 52.0 Å². The molecule has 0 unspecified atom stereocenters. The SMILES string of the molecule is CN(C)c1ccc(NC(=O)CC(C)(C)C)cc1CN(C[C@H]1CCCO1)S(=O)(=O)c1ccc(F)cc1. The van der Waals surface area contributed by atoms with Gasteiger partial charge in [0.2, 0.25) is 15.9 Å². The van der Waals surface area contributed by atoms with Crippen LogP contribution in [-0.2, 0) is 26.1 Å². The van der Waals surface area contributed by atoms with Crippen LogP contribution in [0.25, 0.3) is 0 Å². The number of benzene rings is 2. The predicted molar refractivity (Wildman–Crippen MR) is 136 cm³/mol. The Morgan fingerprint density at radius 1 is 1.14 bits per heavy atom. The Bertz CT molecular complexity index is 1120. The lowest BCUT2D eigenvalue weighted by Gasteiger charge is -2.27.